The van der Waals surface area contributed by atoms with Gasteiger partial charge in [0.05, 0.1) is 5.54 Å². The molecule has 0 saturated carbocycles. The molecule has 0 heterocycles. The van der Waals surface area contributed by atoms with E-state index in [2.05, 4.69) is 18.7 Å². The predicted octanol–water partition coefficient (Wildman–Crippen LogP) is 2.10. The van der Waals surface area contributed by atoms with Crippen molar-refractivity contribution in [1.82, 2.24) is 4.90 Å². The van der Waals surface area contributed by atoms with Crippen LogP contribution >= 0.6 is 0 Å². The van der Waals surface area contributed by atoms with Gasteiger partial charge in [0.2, 0.25) is 0 Å². The molecule has 0 saturated heterocycles. The van der Waals surface area contributed by atoms with Crippen LogP contribution in [0.4, 0.5) is 0 Å². The number of ketones is 1. The predicted molar refractivity (Wildman–Crippen MR) is 63.1 cm³/mol. The summed E-state index contributed by atoms with van der Waals surface area (Å²) in [5.41, 5.74) is -0.336. The number of methoxy groups -OCH3 is 1. The van der Waals surface area contributed by atoms with Crippen LogP contribution in [-0.2, 0) is 9.53 Å². The minimum absolute atomic E-state index is 0.309. The highest BCUT2D eigenvalue weighted by molar-refractivity contribution is 5.87. The summed E-state index contributed by atoms with van der Waals surface area (Å²) in [5, 5.41) is 0. The molecule has 0 bridgehead atoms. The van der Waals surface area contributed by atoms with Crippen molar-refractivity contribution in [3.63, 3.8) is 0 Å². The molecule has 3 nitrogen and oxygen atoms in total. The summed E-state index contributed by atoms with van der Waals surface area (Å²) in [4.78, 5) is 14.2. The summed E-state index contributed by atoms with van der Waals surface area (Å²) in [6.07, 6.45) is 1.43. The van der Waals surface area contributed by atoms with Gasteiger partial charge in [0.25, 0.3) is 0 Å². The fourth-order valence-electron chi connectivity index (χ4n) is 1.87. The van der Waals surface area contributed by atoms with Crippen molar-refractivity contribution in [3.05, 3.63) is 0 Å². The number of ether oxygens (including phenoxy) is 1. The van der Waals surface area contributed by atoms with E-state index in [0.717, 1.165) is 19.5 Å². The first-order valence-electron chi connectivity index (χ1n) is 5.77. The Morgan fingerprint density at radius 3 is 2.20 bits per heavy atom. The zero-order valence-electron chi connectivity index (χ0n) is 10.8. The third kappa shape index (κ3) is 4.31. The van der Waals surface area contributed by atoms with Crippen LogP contribution < -0.4 is 0 Å². The molecule has 0 aliphatic heterocycles. The van der Waals surface area contributed by atoms with E-state index in [-0.39, 0.29) is 5.54 Å². The van der Waals surface area contributed by atoms with Gasteiger partial charge in [0, 0.05) is 20.1 Å². The number of rotatable bonds is 8. The van der Waals surface area contributed by atoms with Gasteiger partial charge in [-0.15, -0.1) is 0 Å². The first-order chi connectivity index (χ1) is 7.00. The van der Waals surface area contributed by atoms with Crippen LogP contribution in [0.5, 0.6) is 0 Å². The zero-order chi connectivity index (χ0) is 11.9. The Hall–Kier alpha value is -0.410. The van der Waals surface area contributed by atoms with Gasteiger partial charge in [-0.2, -0.15) is 0 Å². The molecule has 0 atom stereocenters. The summed E-state index contributed by atoms with van der Waals surface area (Å²) < 4.78 is 4.95. The molecule has 90 valence electrons. The van der Waals surface area contributed by atoms with Crippen LogP contribution in [0.15, 0.2) is 0 Å². The topological polar surface area (TPSA) is 29.5 Å². The van der Waals surface area contributed by atoms with E-state index in [1.54, 1.807) is 7.11 Å². The van der Waals surface area contributed by atoms with Gasteiger partial charge in [0.1, 0.15) is 0 Å². The van der Waals surface area contributed by atoms with E-state index in [9.17, 15) is 4.79 Å². The molecule has 0 fully saturated rings. The SMILES string of the molecule is CCN(CC)C(C)(C)C(=O)CCCOC. The highest BCUT2D eigenvalue weighted by Gasteiger charge is 2.31. The van der Waals surface area contributed by atoms with Crippen LogP contribution in [0.2, 0.25) is 0 Å². The lowest BCUT2D eigenvalue weighted by Gasteiger charge is -2.35. The largest absolute Gasteiger partial charge is 0.385 e. The van der Waals surface area contributed by atoms with Gasteiger partial charge in [0.15, 0.2) is 5.78 Å². The van der Waals surface area contributed by atoms with Gasteiger partial charge in [-0.05, 0) is 33.4 Å². The molecule has 0 aromatic carbocycles. The Kier molecular flexibility index (Phi) is 6.77. The number of hydrogen-bond acceptors (Lipinski definition) is 3. The Balaban J connectivity index is 4.23. The van der Waals surface area contributed by atoms with E-state index >= 15 is 0 Å². The smallest absolute Gasteiger partial charge is 0.152 e. The molecule has 15 heavy (non-hydrogen) atoms. The minimum Gasteiger partial charge on any atom is -0.385 e. The van der Waals surface area contributed by atoms with Crippen LogP contribution in [0.25, 0.3) is 0 Å². The first-order valence-corrected chi connectivity index (χ1v) is 5.77. The van der Waals surface area contributed by atoms with Crippen LogP contribution in [0.1, 0.15) is 40.5 Å². The number of carbonyl (C=O) groups excluding carboxylic acids is 1. The molecule has 3 heteroatoms. The van der Waals surface area contributed by atoms with Crippen molar-refractivity contribution in [1.29, 1.82) is 0 Å². The number of hydrogen-bond donors (Lipinski definition) is 0. The van der Waals surface area contributed by atoms with Gasteiger partial charge >= 0.3 is 0 Å². The number of Topliss-reactive ketones (excluding diaryl/α,β-unsaturated/α-hetero) is 1. The highest BCUT2D eigenvalue weighted by atomic mass is 16.5. The summed E-state index contributed by atoms with van der Waals surface area (Å²) in [7, 11) is 1.67. The molecule has 0 aliphatic rings. The second-order valence-corrected chi connectivity index (χ2v) is 4.25. The summed E-state index contributed by atoms with van der Waals surface area (Å²) in [6, 6.07) is 0. The maximum Gasteiger partial charge on any atom is 0.152 e. The van der Waals surface area contributed by atoms with Crippen molar-refractivity contribution < 1.29 is 9.53 Å². The van der Waals surface area contributed by atoms with Gasteiger partial charge in [-0.1, -0.05) is 13.8 Å². The van der Waals surface area contributed by atoms with E-state index < -0.39 is 0 Å². The van der Waals surface area contributed by atoms with Gasteiger partial charge in [-0.25, -0.2) is 0 Å². The third-order valence-electron chi connectivity index (χ3n) is 2.99. The molecule has 0 radical (unpaired) electrons. The number of carbonyl (C=O) groups is 1. The Bertz CT molecular complexity index is 186. The third-order valence-corrected chi connectivity index (χ3v) is 2.99. The molecule has 0 rings (SSSR count). The van der Waals surface area contributed by atoms with Crippen LogP contribution in [0, 0.1) is 0 Å². The number of nitrogens with zero attached hydrogens (tertiary/aromatic N) is 1. The van der Waals surface area contributed by atoms with Crippen LogP contribution in [-0.4, -0.2) is 43.0 Å². The molecular formula is C12H25NO2. The summed E-state index contributed by atoms with van der Waals surface area (Å²) in [5.74, 6) is 0.309. The van der Waals surface area contributed by atoms with E-state index in [1.807, 2.05) is 13.8 Å². The molecule has 0 N–H and O–H groups in total. The molecule has 0 unspecified atom stereocenters. The monoisotopic (exact) mass is 215 g/mol. The molecule has 0 aliphatic carbocycles. The number of likely N-dealkylation sites (N-methyl/N-ethyl adjacent to an activating group) is 1. The lowest BCUT2D eigenvalue weighted by Crippen LogP contribution is -2.49. The summed E-state index contributed by atoms with van der Waals surface area (Å²) in [6.45, 7) is 10.7. The minimum atomic E-state index is -0.336. The molecule has 0 amide bonds. The van der Waals surface area contributed by atoms with Gasteiger partial charge in [-0.3, -0.25) is 9.69 Å². The average molecular weight is 215 g/mol. The molecule has 0 spiro atoms. The van der Waals surface area contributed by atoms with Crippen molar-refractivity contribution >= 4 is 5.78 Å². The van der Waals surface area contributed by atoms with E-state index in [4.69, 9.17) is 4.74 Å². The lowest BCUT2D eigenvalue weighted by molar-refractivity contribution is -0.129. The van der Waals surface area contributed by atoms with Crippen molar-refractivity contribution in [3.8, 4) is 0 Å². The Morgan fingerprint density at radius 2 is 1.80 bits per heavy atom. The zero-order valence-corrected chi connectivity index (χ0v) is 10.8. The summed E-state index contributed by atoms with van der Waals surface area (Å²) >= 11 is 0. The fourth-order valence-corrected chi connectivity index (χ4v) is 1.87. The Labute approximate surface area is 93.8 Å². The van der Waals surface area contributed by atoms with E-state index in [1.165, 1.54) is 0 Å². The molecule has 0 aromatic heterocycles. The first kappa shape index (κ1) is 14.6. The van der Waals surface area contributed by atoms with Crippen molar-refractivity contribution in [2.45, 2.75) is 46.1 Å². The average Bonchev–Trinajstić information content (AvgIpc) is 2.19. The quantitative estimate of drug-likeness (QED) is 0.581. The second-order valence-electron chi connectivity index (χ2n) is 4.25. The second kappa shape index (κ2) is 6.96. The highest BCUT2D eigenvalue weighted by Crippen LogP contribution is 2.17. The normalized spacial score (nSPS) is 12.1. The molecular weight excluding hydrogens is 190 g/mol. The maximum atomic E-state index is 12.0. The molecule has 0 aromatic rings. The van der Waals surface area contributed by atoms with Crippen molar-refractivity contribution in [2.75, 3.05) is 26.8 Å². The van der Waals surface area contributed by atoms with Crippen molar-refractivity contribution in [2.24, 2.45) is 0 Å². The van der Waals surface area contributed by atoms with Crippen LogP contribution in [0.3, 0.4) is 0 Å². The fraction of sp³-hybridized carbons (Fsp3) is 0.917. The standard InChI is InChI=1S/C12H25NO2/c1-6-13(7-2)12(3,4)11(14)9-8-10-15-5/h6-10H2,1-5H3. The van der Waals surface area contributed by atoms with Gasteiger partial charge < -0.3 is 4.74 Å². The lowest BCUT2D eigenvalue weighted by atomic mass is 9.93. The maximum absolute atomic E-state index is 12.0. The van der Waals surface area contributed by atoms with E-state index in [0.29, 0.717) is 18.8 Å². The Morgan fingerprint density at radius 1 is 1.27 bits per heavy atom.